The van der Waals surface area contributed by atoms with E-state index in [-0.39, 0.29) is 11.4 Å². The lowest BCUT2D eigenvalue weighted by Crippen LogP contribution is -2.48. The highest BCUT2D eigenvalue weighted by Gasteiger charge is 2.40. The van der Waals surface area contributed by atoms with Crippen molar-refractivity contribution in [3.05, 3.63) is 17.5 Å². The minimum absolute atomic E-state index is 0.169. The van der Waals surface area contributed by atoms with E-state index in [1.807, 2.05) is 4.68 Å². The maximum absolute atomic E-state index is 13.5. The van der Waals surface area contributed by atoms with Gasteiger partial charge in [-0.3, -0.25) is 9.48 Å². The lowest BCUT2D eigenvalue weighted by atomic mass is 10.0. The molecule has 0 N–H and O–H groups in total. The van der Waals surface area contributed by atoms with Gasteiger partial charge in [0.25, 0.3) is 5.91 Å². The minimum atomic E-state index is -0.169. The third-order valence-electron chi connectivity index (χ3n) is 6.16. The van der Waals surface area contributed by atoms with E-state index >= 15 is 0 Å². The molecular weight excluding hydrogens is 312 g/mol. The third-order valence-corrected chi connectivity index (χ3v) is 6.16. The van der Waals surface area contributed by atoms with Gasteiger partial charge in [0.1, 0.15) is 5.69 Å². The molecule has 4 rings (SSSR count). The van der Waals surface area contributed by atoms with Gasteiger partial charge < -0.3 is 9.80 Å². The van der Waals surface area contributed by atoms with Crippen molar-refractivity contribution in [2.75, 3.05) is 20.1 Å². The van der Waals surface area contributed by atoms with Crippen LogP contribution in [0.4, 0.5) is 0 Å². The van der Waals surface area contributed by atoms with Crippen LogP contribution in [0.25, 0.3) is 0 Å². The predicted molar refractivity (Wildman–Crippen MR) is 98.9 cm³/mol. The summed E-state index contributed by atoms with van der Waals surface area (Å²) in [6.07, 6.45) is 7.17. The number of likely N-dealkylation sites (N-methyl/N-ethyl adjacent to an activating group) is 1. The fourth-order valence-electron chi connectivity index (χ4n) is 4.66. The molecule has 138 valence electrons. The number of nitrogens with zero attached hydrogens (tertiary/aromatic N) is 4. The number of carbonyl (C=O) groups is 1. The van der Waals surface area contributed by atoms with Gasteiger partial charge in [0.2, 0.25) is 0 Å². The van der Waals surface area contributed by atoms with Crippen molar-refractivity contribution < 1.29 is 4.79 Å². The number of rotatable bonds is 3. The normalized spacial score (nSPS) is 28.1. The minimum Gasteiger partial charge on any atom is -0.333 e. The Morgan fingerprint density at radius 2 is 1.76 bits per heavy atom. The van der Waals surface area contributed by atoms with Gasteiger partial charge >= 0.3 is 0 Å². The first kappa shape index (κ1) is 17.1. The number of hydrogen-bond acceptors (Lipinski definition) is 3. The van der Waals surface area contributed by atoms with E-state index in [4.69, 9.17) is 5.10 Å². The van der Waals surface area contributed by atoms with E-state index in [0.29, 0.717) is 18.0 Å². The topological polar surface area (TPSA) is 41.4 Å². The molecule has 0 aromatic carbocycles. The fourth-order valence-corrected chi connectivity index (χ4v) is 4.66. The monoisotopic (exact) mass is 344 g/mol. The molecule has 3 fully saturated rings. The SMILES string of the molecule is CN1CCC[C@@H]1[C@H]1CCCN1C(=O)c1cc(C2CC2)nn1C(C)(C)C. The molecule has 1 aliphatic carbocycles. The van der Waals surface area contributed by atoms with Crippen LogP contribution in [0.5, 0.6) is 0 Å². The molecule has 0 radical (unpaired) electrons. The molecule has 1 aromatic heterocycles. The second-order valence-electron chi connectivity index (χ2n) is 9.21. The average molecular weight is 345 g/mol. The average Bonchev–Trinajstić information content (AvgIpc) is 2.99. The Hall–Kier alpha value is -1.36. The van der Waals surface area contributed by atoms with Gasteiger partial charge in [-0.2, -0.15) is 5.10 Å². The summed E-state index contributed by atoms with van der Waals surface area (Å²) in [6, 6.07) is 2.98. The van der Waals surface area contributed by atoms with E-state index in [2.05, 4.69) is 43.7 Å². The molecule has 2 saturated heterocycles. The Labute approximate surface area is 151 Å². The highest BCUT2D eigenvalue weighted by atomic mass is 16.2. The van der Waals surface area contributed by atoms with Crippen LogP contribution in [0.2, 0.25) is 0 Å². The molecule has 3 heterocycles. The summed E-state index contributed by atoms with van der Waals surface area (Å²) in [5, 5.41) is 4.83. The number of carbonyl (C=O) groups excluding carboxylic acids is 1. The lowest BCUT2D eigenvalue weighted by molar-refractivity contribution is 0.0644. The van der Waals surface area contributed by atoms with Crippen LogP contribution >= 0.6 is 0 Å². The molecule has 5 nitrogen and oxygen atoms in total. The first-order chi connectivity index (χ1) is 11.9. The Morgan fingerprint density at radius 1 is 1.08 bits per heavy atom. The largest absolute Gasteiger partial charge is 0.333 e. The number of amides is 1. The molecule has 1 saturated carbocycles. The van der Waals surface area contributed by atoms with Crippen molar-refractivity contribution in [1.29, 1.82) is 0 Å². The van der Waals surface area contributed by atoms with E-state index in [9.17, 15) is 4.79 Å². The van der Waals surface area contributed by atoms with Gasteiger partial charge in [-0.15, -0.1) is 0 Å². The van der Waals surface area contributed by atoms with Crippen LogP contribution in [-0.2, 0) is 5.54 Å². The van der Waals surface area contributed by atoms with E-state index in [1.165, 1.54) is 25.7 Å². The number of likely N-dealkylation sites (tertiary alicyclic amines) is 2. The molecular formula is C20H32N4O. The molecule has 2 aliphatic heterocycles. The van der Waals surface area contributed by atoms with Crippen LogP contribution in [0.3, 0.4) is 0 Å². The van der Waals surface area contributed by atoms with Gasteiger partial charge in [0.05, 0.1) is 11.2 Å². The van der Waals surface area contributed by atoms with Gasteiger partial charge in [-0.1, -0.05) is 0 Å². The van der Waals surface area contributed by atoms with Crippen LogP contribution in [-0.4, -0.2) is 57.7 Å². The quantitative estimate of drug-likeness (QED) is 0.845. The second kappa shape index (κ2) is 6.11. The maximum Gasteiger partial charge on any atom is 0.272 e. The van der Waals surface area contributed by atoms with Crippen molar-refractivity contribution >= 4 is 5.91 Å². The standard InChI is InChI=1S/C20H32N4O/c1-20(2,3)24-18(13-15(21-24)14-9-10-14)19(25)23-12-6-8-17(23)16-7-5-11-22(16)4/h13-14,16-17H,5-12H2,1-4H3/t16-,17-/m1/s1. The highest BCUT2D eigenvalue weighted by Crippen LogP contribution is 2.40. The summed E-state index contributed by atoms with van der Waals surface area (Å²) in [5.41, 5.74) is 1.74. The predicted octanol–water partition coefficient (Wildman–Crippen LogP) is 3.21. The zero-order valence-electron chi connectivity index (χ0n) is 16.2. The van der Waals surface area contributed by atoms with Crippen molar-refractivity contribution in [2.45, 2.75) is 82.8 Å². The van der Waals surface area contributed by atoms with E-state index in [0.717, 1.165) is 37.3 Å². The van der Waals surface area contributed by atoms with Gasteiger partial charge in [-0.05, 0) is 79.0 Å². The molecule has 1 aromatic rings. The van der Waals surface area contributed by atoms with E-state index < -0.39 is 0 Å². The van der Waals surface area contributed by atoms with Crippen molar-refractivity contribution in [3.63, 3.8) is 0 Å². The molecule has 0 unspecified atom stereocenters. The summed E-state index contributed by atoms with van der Waals surface area (Å²) in [7, 11) is 2.21. The smallest absolute Gasteiger partial charge is 0.272 e. The highest BCUT2D eigenvalue weighted by molar-refractivity contribution is 5.93. The molecule has 5 heteroatoms. The second-order valence-corrected chi connectivity index (χ2v) is 9.21. The number of hydrogen-bond donors (Lipinski definition) is 0. The maximum atomic E-state index is 13.5. The zero-order valence-corrected chi connectivity index (χ0v) is 16.2. The summed E-state index contributed by atoms with van der Waals surface area (Å²) >= 11 is 0. The third kappa shape index (κ3) is 3.12. The van der Waals surface area contributed by atoms with Crippen LogP contribution in [0, 0.1) is 0 Å². The Morgan fingerprint density at radius 3 is 2.36 bits per heavy atom. The van der Waals surface area contributed by atoms with Crippen molar-refractivity contribution in [3.8, 4) is 0 Å². The van der Waals surface area contributed by atoms with Crippen molar-refractivity contribution in [1.82, 2.24) is 19.6 Å². The summed E-state index contributed by atoms with van der Waals surface area (Å²) in [4.78, 5) is 18.1. The summed E-state index contributed by atoms with van der Waals surface area (Å²) in [6.45, 7) is 8.47. The Balaban J connectivity index is 1.63. The van der Waals surface area contributed by atoms with Crippen LogP contribution in [0.15, 0.2) is 6.07 Å². The Kier molecular flexibility index (Phi) is 4.18. The van der Waals surface area contributed by atoms with Crippen LogP contribution < -0.4 is 0 Å². The molecule has 2 atom stereocenters. The molecule has 0 bridgehead atoms. The van der Waals surface area contributed by atoms with Crippen LogP contribution in [0.1, 0.15) is 81.4 Å². The van der Waals surface area contributed by atoms with Crippen molar-refractivity contribution in [2.24, 2.45) is 0 Å². The van der Waals surface area contributed by atoms with Gasteiger partial charge in [-0.25, -0.2) is 0 Å². The molecule has 25 heavy (non-hydrogen) atoms. The van der Waals surface area contributed by atoms with E-state index in [1.54, 1.807) is 0 Å². The zero-order chi connectivity index (χ0) is 17.8. The van der Waals surface area contributed by atoms with Gasteiger partial charge in [0.15, 0.2) is 0 Å². The molecule has 0 spiro atoms. The first-order valence-corrected chi connectivity index (χ1v) is 9.98. The molecule has 3 aliphatic rings. The summed E-state index contributed by atoms with van der Waals surface area (Å²) < 4.78 is 1.98. The Bertz CT molecular complexity index is 655. The molecule has 1 amide bonds. The summed E-state index contributed by atoms with van der Waals surface area (Å²) in [5.74, 6) is 0.766. The number of aromatic nitrogens is 2. The first-order valence-electron chi connectivity index (χ1n) is 9.98. The lowest BCUT2D eigenvalue weighted by Gasteiger charge is -2.34. The fraction of sp³-hybridized carbons (Fsp3) is 0.800. The van der Waals surface area contributed by atoms with Gasteiger partial charge in [0, 0.05) is 24.5 Å².